The minimum Gasteiger partial charge on any atom is -0.507 e. The summed E-state index contributed by atoms with van der Waals surface area (Å²) in [4.78, 5) is 38.4. The van der Waals surface area contributed by atoms with E-state index in [1.54, 1.807) is 24.3 Å². The Morgan fingerprint density at radius 1 is 1.03 bits per heavy atom. The Morgan fingerprint density at radius 2 is 1.73 bits per heavy atom. The summed E-state index contributed by atoms with van der Waals surface area (Å²) in [5.74, 6) is -1.81. The monoisotopic (exact) mass is 506 g/mol. The Kier molecular flexibility index (Phi) is 7.19. The fraction of sp³-hybridized carbons (Fsp3) is 0.185. The first kappa shape index (κ1) is 25.4. The highest BCUT2D eigenvalue weighted by Gasteiger charge is 2.46. The van der Waals surface area contributed by atoms with Crippen LogP contribution in [0.2, 0.25) is 0 Å². The van der Waals surface area contributed by atoms with E-state index in [0.29, 0.717) is 17.9 Å². The second kappa shape index (κ2) is 10.5. The summed E-state index contributed by atoms with van der Waals surface area (Å²) in [7, 11) is 3.01. The van der Waals surface area contributed by atoms with E-state index in [-0.39, 0.29) is 28.9 Å². The van der Waals surface area contributed by atoms with Crippen LogP contribution in [0.15, 0.2) is 72.3 Å². The molecule has 0 saturated carbocycles. The molecule has 1 aliphatic heterocycles. The van der Waals surface area contributed by atoms with Crippen LogP contribution in [0, 0.1) is 15.9 Å². The molecule has 10 heteroatoms. The maximum Gasteiger partial charge on any atom is 0.295 e. The molecule has 1 heterocycles. The number of nitro benzene ring substituents is 1. The number of hydrogen-bond acceptors (Lipinski definition) is 7. The van der Waals surface area contributed by atoms with Crippen molar-refractivity contribution in [3.8, 4) is 11.5 Å². The zero-order valence-electron chi connectivity index (χ0n) is 20.0. The molecule has 1 amide bonds. The summed E-state index contributed by atoms with van der Waals surface area (Å²) in [5, 5.41) is 22.4. The largest absolute Gasteiger partial charge is 0.507 e. The summed E-state index contributed by atoms with van der Waals surface area (Å²) in [5.41, 5.74) is 0.740. The van der Waals surface area contributed by atoms with Crippen molar-refractivity contribution in [3.63, 3.8) is 0 Å². The molecule has 0 aliphatic carbocycles. The van der Waals surface area contributed by atoms with E-state index in [1.165, 1.54) is 49.5 Å². The van der Waals surface area contributed by atoms with Crippen LogP contribution in [0.5, 0.6) is 11.5 Å². The van der Waals surface area contributed by atoms with Gasteiger partial charge in [0.1, 0.15) is 11.6 Å². The average molecular weight is 506 g/mol. The Morgan fingerprint density at radius 3 is 2.38 bits per heavy atom. The van der Waals surface area contributed by atoms with E-state index in [9.17, 15) is 29.2 Å². The fourth-order valence-corrected chi connectivity index (χ4v) is 4.31. The molecule has 0 unspecified atom stereocenters. The van der Waals surface area contributed by atoms with Gasteiger partial charge in [0.15, 0.2) is 11.5 Å². The standard InChI is InChI=1S/C27H23FN2O7/c1-36-21-11-6-16(14-22(21)37-2)12-13-29-24(18-4-3-5-20(15-18)30(34)35)23(26(32)27(29)33)25(31)17-7-9-19(28)10-8-17/h3-11,14-15,24,31H,12-13H2,1-2H3/t24-/m1/s1. The third-order valence-corrected chi connectivity index (χ3v) is 6.14. The first-order chi connectivity index (χ1) is 17.7. The van der Waals surface area contributed by atoms with Gasteiger partial charge < -0.3 is 19.5 Å². The van der Waals surface area contributed by atoms with Crippen LogP contribution >= 0.6 is 0 Å². The van der Waals surface area contributed by atoms with Crippen molar-refractivity contribution in [1.29, 1.82) is 0 Å². The van der Waals surface area contributed by atoms with Crippen LogP contribution in [0.1, 0.15) is 22.7 Å². The molecule has 9 nitrogen and oxygen atoms in total. The van der Waals surface area contributed by atoms with Gasteiger partial charge in [0.2, 0.25) is 0 Å². The van der Waals surface area contributed by atoms with Crippen molar-refractivity contribution in [2.24, 2.45) is 0 Å². The number of aliphatic hydroxyl groups excluding tert-OH is 1. The molecular formula is C27H23FN2O7. The minimum absolute atomic E-state index is 0.0631. The third-order valence-electron chi connectivity index (χ3n) is 6.14. The molecule has 0 spiro atoms. The van der Waals surface area contributed by atoms with Gasteiger partial charge in [0.05, 0.1) is 30.8 Å². The average Bonchev–Trinajstić information content (AvgIpc) is 3.16. The molecule has 37 heavy (non-hydrogen) atoms. The van der Waals surface area contributed by atoms with Crippen molar-refractivity contribution < 1.29 is 33.5 Å². The lowest BCUT2D eigenvalue weighted by Gasteiger charge is -2.25. The quantitative estimate of drug-likeness (QED) is 0.158. The van der Waals surface area contributed by atoms with E-state index in [0.717, 1.165) is 17.7 Å². The van der Waals surface area contributed by atoms with Gasteiger partial charge in [-0.25, -0.2) is 4.39 Å². The molecule has 0 aromatic heterocycles. The van der Waals surface area contributed by atoms with E-state index >= 15 is 0 Å². The normalized spacial score (nSPS) is 16.6. The number of benzene rings is 3. The second-order valence-corrected chi connectivity index (χ2v) is 8.29. The molecule has 1 N–H and O–H groups in total. The number of hydrogen-bond donors (Lipinski definition) is 1. The fourth-order valence-electron chi connectivity index (χ4n) is 4.31. The predicted octanol–water partition coefficient (Wildman–Crippen LogP) is 4.42. The minimum atomic E-state index is -1.09. The number of nitro groups is 1. The van der Waals surface area contributed by atoms with Gasteiger partial charge in [0, 0.05) is 24.2 Å². The van der Waals surface area contributed by atoms with E-state index in [1.807, 2.05) is 0 Å². The molecule has 1 aliphatic rings. The van der Waals surface area contributed by atoms with Gasteiger partial charge in [-0.15, -0.1) is 0 Å². The van der Waals surface area contributed by atoms with E-state index in [4.69, 9.17) is 9.47 Å². The van der Waals surface area contributed by atoms with Gasteiger partial charge in [-0.3, -0.25) is 19.7 Å². The van der Waals surface area contributed by atoms with Gasteiger partial charge in [0.25, 0.3) is 17.4 Å². The van der Waals surface area contributed by atoms with E-state index < -0.39 is 34.2 Å². The number of Topliss-reactive ketones (excluding diaryl/α,β-unsaturated/α-hetero) is 1. The number of ketones is 1. The summed E-state index contributed by atoms with van der Waals surface area (Å²) in [6.45, 7) is 0.0631. The number of methoxy groups -OCH3 is 2. The van der Waals surface area contributed by atoms with E-state index in [2.05, 4.69) is 0 Å². The van der Waals surface area contributed by atoms with Crippen LogP contribution in [0.3, 0.4) is 0 Å². The number of halogens is 1. The molecule has 190 valence electrons. The summed E-state index contributed by atoms with van der Waals surface area (Å²) in [6, 6.07) is 14.5. The summed E-state index contributed by atoms with van der Waals surface area (Å²) < 4.78 is 24.0. The Balaban J connectivity index is 1.78. The topological polar surface area (TPSA) is 119 Å². The number of rotatable bonds is 8. The molecule has 1 fully saturated rings. The number of likely N-dealkylation sites (tertiary alicyclic amines) is 1. The lowest BCUT2D eigenvalue weighted by molar-refractivity contribution is -0.384. The maximum atomic E-state index is 13.4. The number of aliphatic hydroxyl groups is 1. The Bertz CT molecular complexity index is 1400. The summed E-state index contributed by atoms with van der Waals surface area (Å²) in [6.07, 6.45) is 0.315. The van der Waals surface area contributed by atoms with Crippen molar-refractivity contribution in [3.05, 3.63) is 105 Å². The second-order valence-electron chi connectivity index (χ2n) is 8.29. The number of ether oxygens (including phenoxy) is 2. The van der Waals surface area contributed by atoms with Crippen molar-refractivity contribution in [2.75, 3.05) is 20.8 Å². The van der Waals surface area contributed by atoms with Crippen LogP contribution in [0.4, 0.5) is 10.1 Å². The molecule has 3 aromatic rings. The molecular weight excluding hydrogens is 483 g/mol. The van der Waals surface area contributed by atoms with Gasteiger partial charge in [-0.1, -0.05) is 18.2 Å². The SMILES string of the molecule is COc1ccc(CCN2C(=O)C(=O)C(=C(O)c3ccc(F)cc3)[C@H]2c2cccc([N+](=O)[O-])c2)cc1OC. The molecule has 0 radical (unpaired) electrons. The van der Waals surface area contributed by atoms with Gasteiger partial charge in [-0.05, 0) is 53.9 Å². The number of nitrogens with zero attached hydrogens (tertiary/aromatic N) is 2. The van der Waals surface area contributed by atoms with Crippen LogP contribution in [0.25, 0.3) is 5.76 Å². The number of non-ortho nitro benzene ring substituents is 1. The first-order valence-electron chi connectivity index (χ1n) is 11.2. The highest BCUT2D eigenvalue weighted by Crippen LogP contribution is 2.40. The highest BCUT2D eigenvalue weighted by molar-refractivity contribution is 6.46. The molecule has 1 atom stereocenters. The van der Waals surface area contributed by atoms with Crippen molar-refractivity contribution >= 4 is 23.1 Å². The lowest BCUT2D eigenvalue weighted by atomic mass is 9.95. The predicted molar refractivity (Wildman–Crippen MR) is 132 cm³/mol. The van der Waals surface area contributed by atoms with Crippen LogP contribution < -0.4 is 9.47 Å². The zero-order chi connectivity index (χ0) is 26.7. The van der Waals surface area contributed by atoms with Crippen LogP contribution in [-0.2, 0) is 16.0 Å². The van der Waals surface area contributed by atoms with Gasteiger partial charge in [-0.2, -0.15) is 0 Å². The number of carbonyl (C=O) groups excluding carboxylic acids is 2. The number of amides is 1. The molecule has 0 bridgehead atoms. The van der Waals surface area contributed by atoms with Gasteiger partial charge >= 0.3 is 0 Å². The lowest BCUT2D eigenvalue weighted by Crippen LogP contribution is -2.31. The Labute approximate surface area is 211 Å². The molecule has 1 saturated heterocycles. The zero-order valence-corrected chi connectivity index (χ0v) is 20.0. The molecule has 4 rings (SSSR count). The van der Waals surface area contributed by atoms with Crippen molar-refractivity contribution in [1.82, 2.24) is 4.90 Å². The Hall–Kier alpha value is -4.73. The maximum absolute atomic E-state index is 13.4. The summed E-state index contributed by atoms with van der Waals surface area (Å²) >= 11 is 0. The smallest absolute Gasteiger partial charge is 0.295 e. The molecule has 3 aromatic carbocycles. The highest BCUT2D eigenvalue weighted by atomic mass is 19.1. The third kappa shape index (κ3) is 4.99. The van der Waals surface area contributed by atoms with Crippen LogP contribution in [-0.4, -0.2) is 47.4 Å². The first-order valence-corrected chi connectivity index (χ1v) is 11.2. The number of carbonyl (C=O) groups is 2. The van der Waals surface area contributed by atoms with Crippen molar-refractivity contribution in [2.45, 2.75) is 12.5 Å².